The summed E-state index contributed by atoms with van der Waals surface area (Å²) >= 11 is 0. The molecular weight excluding hydrogens is 496 g/mol. The third-order valence-electron chi connectivity index (χ3n) is 8.04. The number of benzene rings is 4. The van der Waals surface area contributed by atoms with E-state index < -0.39 is 0 Å². The lowest BCUT2D eigenvalue weighted by atomic mass is 9.76. The maximum Gasteiger partial charge on any atom is 0.187 e. The minimum atomic E-state index is -0.195. The molecule has 0 bridgehead atoms. The Balaban J connectivity index is 1.75. The molecule has 6 heteroatoms. The number of fused-ring (bicyclic) bond motifs is 2. The van der Waals surface area contributed by atoms with E-state index in [-0.39, 0.29) is 5.41 Å². The van der Waals surface area contributed by atoms with Gasteiger partial charge < -0.3 is 20.5 Å². The van der Waals surface area contributed by atoms with Gasteiger partial charge >= 0.3 is 0 Å². The van der Waals surface area contributed by atoms with Gasteiger partial charge in [-0.1, -0.05) is 81.4 Å². The number of nitrogens with one attached hydrogen (secondary N) is 1. The van der Waals surface area contributed by atoms with Crippen molar-refractivity contribution >= 4 is 28.1 Å². The summed E-state index contributed by atoms with van der Waals surface area (Å²) in [5.41, 5.74) is 14.4. The molecule has 0 spiro atoms. The van der Waals surface area contributed by atoms with Crippen molar-refractivity contribution in [3.05, 3.63) is 90.5 Å². The molecule has 5 aromatic rings. The Morgan fingerprint density at radius 3 is 1.80 bits per heavy atom. The maximum atomic E-state index is 6.42. The molecule has 202 valence electrons. The van der Waals surface area contributed by atoms with Crippen molar-refractivity contribution in [2.75, 3.05) is 24.3 Å². The summed E-state index contributed by atoms with van der Waals surface area (Å²) in [6.45, 7) is 7.66. The highest BCUT2D eigenvalue weighted by molar-refractivity contribution is 6.02. The minimum Gasteiger partial charge on any atom is -0.486 e. The quantitative estimate of drug-likeness (QED) is 0.207. The second-order valence-electron chi connectivity index (χ2n) is 10.5. The molecule has 0 fully saturated rings. The summed E-state index contributed by atoms with van der Waals surface area (Å²) in [6.07, 6.45) is 1.84. The largest absolute Gasteiger partial charge is 0.486 e. The van der Waals surface area contributed by atoms with Crippen molar-refractivity contribution in [2.45, 2.75) is 39.0 Å². The molecule has 1 aliphatic rings. The fourth-order valence-corrected chi connectivity index (χ4v) is 5.37. The van der Waals surface area contributed by atoms with E-state index in [1.807, 2.05) is 60.7 Å². The fourth-order valence-electron chi connectivity index (χ4n) is 5.37. The lowest BCUT2D eigenvalue weighted by molar-refractivity contribution is 0.168. The molecule has 6 nitrogen and oxygen atoms in total. The van der Waals surface area contributed by atoms with E-state index in [1.54, 1.807) is 0 Å². The highest BCUT2D eigenvalue weighted by Crippen LogP contribution is 2.53. The Kier molecular flexibility index (Phi) is 6.76. The van der Waals surface area contributed by atoms with Gasteiger partial charge in [0.2, 0.25) is 0 Å². The van der Waals surface area contributed by atoms with Gasteiger partial charge in [0.05, 0.1) is 16.9 Å². The van der Waals surface area contributed by atoms with Gasteiger partial charge in [-0.05, 0) is 42.5 Å². The van der Waals surface area contributed by atoms with E-state index in [2.05, 4.69) is 50.4 Å². The van der Waals surface area contributed by atoms with Gasteiger partial charge in [0.1, 0.15) is 24.4 Å². The molecule has 4 aromatic carbocycles. The van der Waals surface area contributed by atoms with Crippen molar-refractivity contribution < 1.29 is 9.47 Å². The average molecular weight is 531 g/mol. The van der Waals surface area contributed by atoms with Crippen LogP contribution >= 0.6 is 0 Å². The zero-order valence-corrected chi connectivity index (χ0v) is 23.2. The normalized spacial score (nSPS) is 12.9. The Bertz CT molecular complexity index is 1650. The molecule has 0 radical (unpaired) electrons. The number of nitrogens with zero attached hydrogens (tertiary/aromatic N) is 2. The monoisotopic (exact) mass is 530 g/mol. The first-order valence-electron chi connectivity index (χ1n) is 13.9. The third kappa shape index (κ3) is 4.49. The van der Waals surface area contributed by atoms with Gasteiger partial charge in [0, 0.05) is 28.1 Å². The molecule has 0 unspecified atom stereocenters. The van der Waals surface area contributed by atoms with E-state index in [0.717, 1.165) is 69.1 Å². The van der Waals surface area contributed by atoms with Crippen molar-refractivity contribution in [1.82, 2.24) is 9.97 Å². The Labute approximate surface area is 235 Å². The van der Waals surface area contributed by atoms with Crippen LogP contribution in [0.15, 0.2) is 84.9 Å². The lowest BCUT2D eigenvalue weighted by Gasteiger charge is -2.34. The summed E-state index contributed by atoms with van der Waals surface area (Å²) in [4.78, 5) is 10.9. The number of anilines is 3. The topological polar surface area (TPSA) is 82.3 Å². The SMILES string of the molecule is CCC(C)(CC)c1c2c(c(Nc3ccc(N)cc3)c3nc(-c4ccccc4)c(-c4ccccc4)nc13)OCCO2. The number of rotatable bonds is 7. The fraction of sp³-hybridized carbons (Fsp3) is 0.235. The van der Waals surface area contributed by atoms with Gasteiger partial charge in [0.25, 0.3) is 0 Å². The third-order valence-corrected chi connectivity index (χ3v) is 8.04. The first-order valence-corrected chi connectivity index (χ1v) is 13.9. The van der Waals surface area contributed by atoms with Gasteiger partial charge in [-0.3, -0.25) is 0 Å². The summed E-state index contributed by atoms with van der Waals surface area (Å²) < 4.78 is 12.8. The zero-order valence-electron chi connectivity index (χ0n) is 23.2. The van der Waals surface area contributed by atoms with Crippen LogP contribution < -0.4 is 20.5 Å². The minimum absolute atomic E-state index is 0.195. The predicted molar refractivity (Wildman–Crippen MR) is 163 cm³/mol. The van der Waals surface area contributed by atoms with Gasteiger partial charge in [-0.25, -0.2) is 9.97 Å². The molecule has 6 rings (SSSR count). The number of hydrogen-bond donors (Lipinski definition) is 2. The summed E-state index contributed by atoms with van der Waals surface area (Å²) in [7, 11) is 0. The van der Waals surface area contributed by atoms with Crippen molar-refractivity contribution in [3.8, 4) is 34.0 Å². The number of ether oxygens (including phenoxy) is 2. The van der Waals surface area contributed by atoms with Crippen LogP contribution in [0.4, 0.5) is 17.1 Å². The van der Waals surface area contributed by atoms with Crippen LogP contribution in [0, 0.1) is 0 Å². The Morgan fingerprint density at radius 1 is 0.725 bits per heavy atom. The molecule has 3 N–H and O–H groups in total. The average Bonchev–Trinajstić information content (AvgIpc) is 3.02. The number of aromatic nitrogens is 2. The van der Waals surface area contributed by atoms with E-state index in [1.165, 1.54) is 0 Å². The second kappa shape index (κ2) is 10.5. The standard InChI is InChI=1S/C34H34N4O2/c1-4-34(3,5-2)26-29-30(31(33-32(26)39-20-21-40-33)36-25-18-16-24(35)17-19-25)38-28(23-14-10-7-11-15-23)27(37-29)22-12-8-6-9-13-22/h6-19,36H,4-5,20-21,35H2,1-3H3. The highest BCUT2D eigenvalue weighted by atomic mass is 16.6. The first-order chi connectivity index (χ1) is 19.5. The molecule has 1 aliphatic heterocycles. The Morgan fingerprint density at radius 2 is 1.25 bits per heavy atom. The van der Waals surface area contributed by atoms with Crippen molar-refractivity contribution in [1.29, 1.82) is 0 Å². The Hall–Kier alpha value is -4.58. The predicted octanol–water partition coefficient (Wildman–Crippen LogP) is 8.14. The van der Waals surface area contributed by atoms with Gasteiger partial charge in [-0.2, -0.15) is 0 Å². The molecule has 1 aromatic heterocycles. The van der Waals surface area contributed by atoms with Crippen LogP contribution in [-0.4, -0.2) is 23.2 Å². The lowest BCUT2D eigenvalue weighted by Crippen LogP contribution is -2.26. The maximum absolute atomic E-state index is 6.42. The highest BCUT2D eigenvalue weighted by Gasteiger charge is 2.36. The first kappa shape index (κ1) is 25.7. The van der Waals surface area contributed by atoms with Crippen molar-refractivity contribution in [2.24, 2.45) is 0 Å². The molecule has 0 aliphatic carbocycles. The van der Waals surface area contributed by atoms with Crippen LogP contribution in [0.1, 0.15) is 39.2 Å². The van der Waals surface area contributed by atoms with Crippen LogP contribution in [0.2, 0.25) is 0 Å². The van der Waals surface area contributed by atoms with E-state index in [9.17, 15) is 0 Å². The number of nitrogens with two attached hydrogens (primary N) is 1. The molecule has 0 saturated heterocycles. The van der Waals surface area contributed by atoms with Crippen LogP contribution in [0.25, 0.3) is 33.5 Å². The molecule has 0 atom stereocenters. The molecular formula is C34H34N4O2. The molecule has 2 heterocycles. The van der Waals surface area contributed by atoms with Gasteiger partial charge in [0.15, 0.2) is 11.5 Å². The second-order valence-corrected chi connectivity index (χ2v) is 10.5. The van der Waals surface area contributed by atoms with Crippen molar-refractivity contribution in [3.63, 3.8) is 0 Å². The van der Waals surface area contributed by atoms with Crippen LogP contribution in [0.5, 0.6) is 11.5 Å². The number of hydrogen-bond acceptors (Lipinski definition) is 6. The molecule has 40 heavy (non-hydrogen) atoms. The summed E-state index contributed by atoms with van der Waals surface area (Å²) in [5, 5.41) is 3.59. The smallest absolute Gasteiger partial charge is 0.187 e. The summed E-state index contributed by atoms with van der Waals surface area (Å²) in [6, 6.07) is 28.2. The van der Waals surface area contributed by atoms with Gasteiger partial charge in [-0.15, -0.1) is 0 Å². The van der Waals surface area contributed by atoms with Crippen LogP contribution in [-0.2, 0) is 5.41 Å². The van der Waals surface area contributed by atoms with E-state index >= 15 is 0 Å². The van der Waals surface area contributed by atoms with E-state index in [0.29, 0.717) is 24.7 Å². The molecule has 0 amide bonds. The summed E-state index contributed by atoms with van der Waals surface area (Å²) in [5.74, 6) is 1.43. The number of nitrogen functional groups attached to an aromatic ring is 1. The van der Waals surface area contributed by atoms with Crippen LogP contribution in [0.3, 0.4) is 0 Å². The zero-order chi connectivity index (χ0) is 27.7. The van der Waals surface area contributed by atoms with E-state index in [4.69, 9.17) is 25.2 Å². The molecule has 0 saturated carbocycles.